The molecule has 1 fully saturated rings. The van der Waals surface area contributed by atoms with Gasteiger partial charge < -0.3 is 20.0 Å². The van der Waals surface area contributed by atoms with E-state index in [1.54, 1.807) is 65.6 Å². The lowest BCUT2D eigenvalue weighted by atomic mass is 10.2. The van der Waals surface area contributed by atoms with E-state index >= 15 is 0 Å². The first-order valence-electron chi connectivity index (χ1n) is 9.93. The van der Waals surface area contributed by atoms with Crippen LogP contribution in [0.3, 0.4) is 0 Å². The van der Waals surface area contributed by atoms with Gasteiger partial charge in [-0.1, -0.05) is 24.3 Å². The zero-order chi connectivity index (χ0) is 21.6. The predicted octanol–water partition coefficient (Wildman–Crippen LogP) is 3.82. The molecule has 0 atom stereocenters. The quantitative estimate of drug-likeness (QED) is 0.599. The number of amides is 3. The van der Waals surface area contributed by atoms with E-state index in [4.69, 9.17) is 4.42 Å². The zero-order valence-corrected chi connectivity index (χ0v) is 16.7. The molecule has 0 bridgehead atoms. The number of benzene rings is 2. The third-order valence-electron chi connectivity index (χ3n) is 4.85. The maximum atomic E-state index is 13.0. The van der Waals surface area contributed by atoms with Crippen LogP contribution in [0.15, 0.2) is 83.1 Å². The number of rotatable bonds is 6. The van der Waals surface area contributed by atoms with Crippen molar-refractivity contribution in [2.75, 3.05) is 16.8 Å². The highest BCUT2D eigenvalue weighted by Crippen LogP contribution is 2.24. The molecule has 31 heavy (non-hydrogen) atoms. The highest BCUT2D eigenvalue weighted by atomic mass is 16.3. The zero-order valence-electron chi connectivity index (χ0n) is 16.7. The van der Waals surface area contributed by atoms with Crippen LogP contribution in [-0.2, 0) is 9.59 Å². The average Bonchev–Trinajstić information content (AvgIpc) is 3.45. The molecule has 0 aliphatic carbocycles. The lowest BCUT2D eigenvalue weighted by Gasteiger charge is -2.17. The Morgan fingerprint density at radius 2 is 1.84 bits per heavy atom. The standard InChI is InChI=1S/C24H21N3O4/c28-22-12-5-13-27(22)19-10-4-9-18(15-19)25-24(30)21(16-20-11-6-14-31-20)26-23(29)17-7-2-1-3-8-17/h1-4,6-11,14-16H,5,12-13H2,(H,25,30)(H,26,29)/b21-16-. The largest absolute Gasteiger partial charge is 0.465 e. The molecule has 0 radical (unpaired) electrons. The summed E-state index contributed by atoms with van der Waals surface area (Å²) in [5.74, 6) is -0.428. The summed E-state index contributed by atoms with van der Waals surface area (Å²) >= 11 is 0. The monoisotopic (exact) mass is 415 g/mol. The Kier molecular flexibility index (Phi) is 5.93. The minimum atomic E-state index is -0.509. The Hall–Kier alpha value is -4.13. The Morgan fingerprint density at radius 3 is 2.55 bits per heavy atom. The third-order valence-corrected chi connectivity index (χ3v) is 4.85. The van der Waals surface area contributed by atoms with Crippen LogP contribution in [0.25, 0.3) is 6.08 Å². The minimum Gasteiger partial charge on any atom is -0.465 e. The fraction of sp³-hybridized carbons (Fsp3) is 0.125. The number of hydrogen-bond donors (Lipinski definition) is 2. The van der Waals surface area contributed by atoms with Crippen LogP contribution in [0.1, 0.15) is 29.0 Å². The van der Waals surface area contributed by atoms with Crippen molar-refractivity contribution >= 4 is 35.2 Å². The summed E-state index contributed by atoms with van der Waals surface area (Å²) in [6.45, 7) is 0.660. The Bertz CT molecular complexity index is 1120. The van der Waals surface area contributed by atoms with Crippen molar-refractivity contribution in [3.63, 3.8) is 0 Å². The van der Waals surface area contributed by atoms with Gasteiger partial charge >= 0.3 is 0 Å². The molecule has 1 aliphatic heterocycles. The number of nitrogens with one attached hydrogen (secondary N) is 2. The maximum Gasteiger partial charge on any atom is 0.272 e. The molecule has 7 heteroatoms. The van der Waals surface area contributed by atoms with Gasteiger partial charge in [0.2, 0.25) is 5.91 Å². The van der Waals surface area contributed by atoms with Crippen LogP contribution in [0, 0.1) is 0 Å². The van der Waals surface area contributed by atoms with E-state index < -0.39 is 11.8 Å². The molecule has 2 heterocycles. The molecule has 1 aliphatic rings. The SMILES string of the molecule is O=C(Nc1cccc(N2CCCC2=O)c1)/C(=C/c1ccco1)NC(=O)c1ccccc1. The molecule has 7 nitrogen and oxygen atoms in total. The average molecular weight is 415 g/mol. The molecular weight excluding hydrogens is 394 g/mol. The van der Waals surface area contributed by atoms with Gasteiger partial charge in [0, 0.05) is 36.0 Å². The van der Waals surface area contributed by atoms with Gasteiger partial charge in [-0.2, -0.15) is 0 Å². The summed E-state index contributed by atoms with van der Waals surface area (Å²) in [6.07, 6.45) is 4.29. The van der Waals surface area contributed by atoms with Crippen molar-refractivity contribution in [1.29, 1.82) is 0 Å². The van der Waals surface area contributed by atoms with E-state index in [1.807, 2.05) is 6.07 Å². The fourth-order valence-electron chi connectivity index (χ4n) is 3.33. The second-order valence-corrected chi connectivity index (χ2v) is 7.05. The summed E-state index contributed by atoms with van der Waals surface area (Å²) in [4.78, 5) is 39.3. The minimum absolute atomic E-state index is 0.0338. The number of furan rings is 1. The van der Waals surface area contributed by atoms with E-state index in [0.29, 0.717) is 30.0 Å². The van der Waals surface area contributed by atoms with Gasteiger partial charge in [0.25, 0.3) is 11.8 Å². The molecule has 3 amide bonds. The van der Waals surface area contributed by atoms with Gasteiger partial charge in [0.15, 0.2) is 0 Å². The van der Waals surface area contributed by atoms with Crippen molar-refractivity contribution < 1.29 is 18.8 Å². The van der Waals surface area contributed by atoms with Gasteiger partial charge in [-0.15, -0.1) is 0 Å². The molecule has 0 spiro atoms. The van der Waals surface area contributed by atoms with Crippen LogP contribution in [-0.4, -0.2) is 24.3 Å². The number of hydrogen-bond acceptors (Lipinski definition) is 4. The number of carbonyl (C=O) groups excluding carboxylic acids is 3. The number of carbonyl (C=O) groups is 3. The molecule has 1 aromatic heterocycles. The van der Waals surface area contributed by atoms with E-state index in [-0.39, 0.29) is 11.6 Å². The van der Waals surface area contributed by atoms with Crippen molar-refractivity contribution in [3.8, 4) is 0 Å². The van der Waals surface area contributed by atoms with Crippen molar-refractivity contribution in [3.05, 3.63) is 90.0 Å². The van der Waals surface area contributed by atoms with Crippen LogP contribution in [0.2, 0.25) is 0 Å². The van der Waals surface area contributed by atoms with E-state index in [0.717, 1.165) is 12.1 Å². The molecule has 0 saturated carbocycles. The molecular formula is C24H21N3O4. The Morgan fingerprint density at radius 1 is 1.00 bits per heavy atom. The molecule has 2 aromatic carbocycles. The highest BCUT2D eigenvalue weighted by molar-refractivity contribution is 6.10. The summed E-state index contributed by atoms with van der Waals surface area (Å²) < 4.78 is 5.30. The van der Waals surface area contributed by atoms with Crippen LogP contribution in [0.4, 0.5) is 11.4 Å². The Balaban J connectivity index is 1.55. The smallest absolute Gasteiger partial charge is 0.272 e. The third kappa shape index (κ3) is 4.90. The maximum absolute atomic E-state index is 13.0. The topological polar surface area (TPSA) is 91.7 Å². The van der Waals surface area contributed by atoms with Crippen LogP contribution >= 0.6 is 0 Å². The van der Waals surface area contributed by atoms with Gasteiger partial charge in [0.1, 0.15) is 11.5 Å². The van der Waals surface area contributed by atoms with Crippen LogP contribution in [0.5, 0.6) is 0 Å². The van der Waals surface area contributed by atoms with Crippen molar-refractivity contribution in [1.82, 2.24) is 5.32 Å². The second kappa shape index (κ2) is 9.13. The molecule has 0 unspecified atom stereocenters. The summed E-state index contributed by atoms with van der Waals surface area (Å²) in [6, 6.07) is 19.1. The highest BCUT2D eigenvalue weighted by Gasteiger charge is 2.22. The van der Waals surface area contributed by atoms with Crippen molar-refractivity contribution in [2.45, 2.75) is 12.8 Å². The van der Waals surface area contributed by atoms with Gasteiger partial charge in [-0.05, 0) is 48.9 Å². The van der Waals surface area contributed by atoms with Crippen LogP contribution < -0.4 is 15.5 Å². The molecule has 3 aromatic rings. The molecule has 4 rings (SSSR count). The van der Waals surface area contributed by atoms with Gasteiger partial charge in [-0.25, -0.2) is 0 Å². The van der Waals surface area contributed by atoms with Crippen molar-refractivity contribution in [2.24, 2.45) is 0 Å². The lowest BCUT2D eigenvalue weighted by molar-refractivity contribution is -0.117. The van der Waals surface area contributed by atoms with Gasteiger partial charge in [0.05, 0.1) is 6.26 Å². The number of nitrogens with zero attached hydrogens (tertiary/aromatic N) is 1. The molecule has 1 saturated heterocycles. The van der Waals surface area contributed by atoms with E-state index in [9.17, 15) is 14.4 Å². The fourth-order valence-corrected chi connectivity index (χ4v) is 3.33. The first-order valence-corrected chi connectivity index (χ1v) is 9.93. The number of anilines is 2. The first kappa shape index (κ1) is 20.2. The first-order chi connectivity index (χ1) is 15.1. The summed E-state index contributed by atoms with van der Waals surface area (Å²) in [5, 5.41) is 5.44. The Labute approximate surface area is 179 Å². The second-order valence-electron chi connectivity index (χ2n) is 7.05. The van der Waals surface area contributed by atoms with Gasteiger partial charge in [-0.3, -0.25) is 14.4 Å². The normalized spacial score (nSPS) is 13.9. The van der Waals surface area contributed by atoms with E-state index in [2.05, 4.69) is 10.6 Å². The molecule has 2 N–H and O–H groups in total. The predicted molar refractivity (Wildman–Crippen MR) is 117 cm³/mol. The van der Waals surface area contributed by atoms with E-state index in [1.165, 1.54) is 12.3 Å². The summed E-state index contributed by atoms with van der Waals surface area (Å²) in [7, 11) is 0. The lowest BCUT2D eigenvalue weighted by Crippen LogP contribution is -2.30. The molecule has 156 valence electrons. The summed E-state index contributed by atoms with van der Waals surface area (Å²) in [5.41, 5.74) is 1.70.